The Balaban J connectivity index is 1.65. The molecule has 0 bridgehead atoms. The molecule has 1 aromatic rings. The maximum Gasteiger partial charge on any atom is 0.325 e. The third-order valence-electron chi connectivity index (χ3n) is 5.20. The first-order chi connectivity index (χ1) is 12.7. The number of aryl methyl sites for hydroxylation is 1. The van der Waals surface area contributed by atoms with Crippen LogP contribution in [-0.4, -0.2) is 45.9 Å². The Morgan fingerprint density at radius 1 is 1.33 bits per heavy atom. The third-order valence-corrected chi connectivity index (χ3v) is 5.69. The van der Waals surface area contributed by atoms with Crippen LogP contribution in [-0.2, 0) is 14.4 Å². The number of imide groups is 1. The average molecular weight is 438 g/mol. The first kappa shape index (κ1) is 19.3. The minimum absolute atomic E-state index is 0.262. The van der Waals surface area contributed by atoms with E-state index < -0.39 is 35.3 Å². The van der Waals surface area contributed by atoms with Gasteiger partial charge in [-0.15, -0.1) is 0 Å². The molecule has 0 atom stereocenters. The number of nitrogens with one attached hydrogen (secondary N) is 2. The first-order valence-corrected chi connectivity index (χ1v) is 9.44. The SMILES string of the molecule is Cc1cc(Br)ccc1NC(=O)CN1C(=O)NC2(CCC(C(=O)O)CC2)C1=O. The summed E-state index contributed by atoms with van der Waals surface area (Å²) in [5.74, 6) is -2.32. The normalized spacial score (nSPS) is 24.8. The number of nitrogens with zero attached hydrogens (tertiary/aromatic N) is 1. The third kappa shape index (κ3) is 3.83. The standard InChI is InChI=1S/C18H20BrN3O5/c1-10-8-12(19)2-3-13(10)20-14(23)9-22-16(26)18(21-17(22)27)6-4-11(5-7-18)15(24)25/h2-3,8,11H,4-7,9H2,1H3,(H,20,23)(H,21,27)(H,24,25). The van der Waals surface area contributed by atoms with Crippen LogP contribution in [0.4, 0.5) is 10.5 Å². The van der Waals surface area contributed by atoms with Crippen LogP contribution in [0.15, 0.2) is 22.7 Å². The van der Waals surface area contributed by atoms with Crippen LogP contribution in [0.2, 0.25) is 0 Å². The van der Waals surface area contributed by atoms with Crippen molar-refractivity contribution in [3.05, 3.63) is 28.2 Å². The van der Waals surface area contributed by atoms with Crippen LogP contribution in [0.1, 0.15) is 31.2 Å². The van der Waals surface area contributed by atoms with Crippen molar-refractivity contribution >= 4 is 45.4 Å². The molecular formula is C18H20BrN3O5. The Hall–Kier alpha value is -2.42. The average Bonchev–Trinajstić information content (AvgIpc) is 2.82. The van der Waals surface area contributed by atoms with Gasteiger partial charge in [-0.1, -0.05) is 15.9 Å². The minimum atomic E-state index is -1.09. The summed E-state index contributed by atoms with van der Waals surface area (Å²) in [5, 5.41) is 14.5. The molecule has 8 nitrogen and oxygen atoms in total. The van der Waals surface area contributed by atoms with Gasteiger partial charge in [-0.2, -0.15) is 0 Å². The van der Waals surface area contributed by atoms with E-state index in [1.54, 1.807) is 12.1 Å². The smallest absolute Gasteiger partial charge is 0.325 e. The zero-order chi connectivity index (χ0) is 19.8. The fourth-order valence-corrected chi connectivity index (χ4v) is 4.09. The van der Waals surface area contributed by atoms with Crippen molar-refractivity contribution in [1.29, 1.82) is 0 Å². The second-order valence-corrected chi connectivity index (χ2v) is 7.94. The molecule has 3 N–H and O–H groups in total. The van der Waals surface area contributed by atoms with Crippen LogP contribution in [0, 0.1) is 12.8 Å². The zero-order valence-electron chi connectivity index (χ0n) is 14.8. The van der Waals surface area contributed by atoms with Crippen LogP contribution < -0.4 is 10.6 Å². The molecule has 1 saturated carbocycles. The molecular weight excluding hydrogens is 418 g/mol. The van der Waals surface area contributed by atoms with E-state index in [9.17, 15) is 19.2 Å². The number of halogens is 1. The van der Waals surface area contributed by atoms with Crippen molar-refractivity contribution in [2.24, 2.45) is 5.92 Å². The Labute approximate surface area is 164 Å². The first-order valence-electron chi connectivity index (χ1n) is 8.65. The predicted molar refractivity (Wildman–Crippen MR) is 100 cm³/mol. The van der Waals surface area contributed by atoms with Gasteiger partial charge >= 0.3 is 12.0 Å². The number of anilines is 1. The molecule has 1 aliphatic carbocycles. The summed E-state index contributed by atoms with van der Waals surface area (Å²) in [6.45, 7) is 1.45. The molecule has 1 heterocycles. The van der Waals surface area contributed by atoms with Gasteiger partial charge in [0.05, 0.1) is 5.92 Å². The number of aliphatic carboxylic acids is 1. The van der Waals surface area contributed by atoms with E-state index in [1.165, 1.54) is 0 Å². The summed E-state index contributed by atoms with van der Waals surface area (Å²) in [4.78, 5) is 49.4. The van der Waals surface area contributed by atoms with Gasteiger partial charge in [-0.25, -0.2) is 4.79 Å². The lowest BCUT2D eigenvalue weighted by Gasteiger charge is -2.33. The number of carbonyl (C=O) groups excluding carboxylic acids is 3. The molecule has 3 rings (SSSR count). The van der Waals surface area contributed by atoms with E-state index in [0.29, 0.717) is 18.5 Å². The maximum absolute atomic E-state index is 12.8. The van der Waals surface area contributed by atoms with Crippen LogP contribution >= 0.6 is 15.9 Å². The quantitative estimate of drug-likeness (QED) is 0.624. The molecule has 1 aromatic carbocycles. The van der Waals surface area contributed by atoms with Gasteiger partial charge in [0.2, 0.25) is 5.91 Å². The summed E-state index contributed by atoms with van der Waals surface area (Å²) in [6.07, 6.45) is 1.16. The van der Waals surface area contributed by atoms with E-state index in [-0.39, 0.29) is 19.4 Å². The molecule has 144 valence electrons. The highest BCUT2D eigenvalue weighted by molar-refractivity contribution is 9.10. The molecule has 4 amide bonds. The minimum Gasteiger partial charge on any atom is -0.481 e. The van der Waals surface area contributed by atoms with E-state index in [4.69, 9.17) is 5.11 Å². The highest BCUT2D eigenvalue weighted by atomic mass is 79.9. The fourth-order valence-electron chi connectivity index (χ4n) is 3.62. The predicted octanol–water partition coefficient (Wildman–Crippen LogP) is 2.26. The highest BCUT2D eigenvalue weighted by Gasteiger charge is 2.53. The summed E-state index contributed by atoms with van der Waals surface area (Å²) in [6, 6.07) is 4.75. The Bertz CT molecular complexity index is 817. The van der Waals surface area contributed by atoms with Gasteiger partial charge in [0.1, 0.15) is 12.1 Å². The van der Waals surface area contributed by atoms with Crippen LogP contribution in [0.25, 0.3) is 0 Å². The number of amides is 4. The van der Waals surface area contributed by atoms with Crippen molar-refractivity contribution in [2.45, 2.75) is 38.1 Å². The lowest BCUT2D eigenvalue weighted by molar-refractivity contribution is -0.145. The number of hydrogen-bond acceptors (Lipinski definition) is 4. The lowest BCUT2D eigenvalue weighted by atomic mass is 9.76. The summed E-state index contributed by atoms with van der Waals surface area (Å²) in [5.41, 5.74) is 0.363. The summed E-state index contributed by atoms with van der Waals surface area (Å²) < 4.78 is 0.881. The van der Waals surface area contributed by atoms with Crippen LogP contribution in [0.3, 0.4) is 0 Å². The fraction of sp³-hybridized carbons (Fsp3) is 0.444. The Morgan fingerprint density at radius 2 is 2.00 bits per heavy atom. The van der Waals surface area contributed by atoms with Gasteiger partial charge in [0.25, 0.3) is 5.91 Å². The van der Waals surface area contributed by atoms with Gasteiger partial charge in [0, 0.05) is 10.2 Å². The van der Waals surface area contributed by atoms with Gasteiger partial charge < -0.3 is 15.7 Å². The highest BCUT2D eigenvalue weighted by Crippen LogP contribution is 2.36. The zero-order valence-corrected chi connectivity index (χ0v) is 16.3. The van der Waals surface area contributed by atoms with E-state index in [1.807, 2.05) is 13.0 Å². The van der Waals surface area contributed by atoms with Gasteiger partial charge in [-0.3, -0.25) is 19.3 Å². The lowest BCUT2D eigenvalue weighted by Crippen LogP contribution is -2.50. The Morgan fingerprint density at radius 3 is 2.59 bits per heavy atom. The maximum atomic E-state index is 12.8. The second-order valence-electron chi connectivity index (χ2n) is 7.02. The van der Waals surface area contributed by atoms with Crippen molar-refractivity contribution in [3.8, 4) is 0 Å². The van der Waals surface area contributed by atoms with E-state index >= 15 is 0 Å². The van der Waals surface area contributed by atoms with Crippen LogP contribution in [0.5, 0.6) is 0 Å². The monoisotopic (exact) mass is 437 g/mol. The number of carbonyl (C=O) groups is 4. The second kappa shape index (κ2) is 7.30. The molecule has 2 fully saturated rings. The van der Waals surface area contributed by atoms with Crippen molar-refractivity contribution < 1.29 is 24.3 Å². The number of rotatable bonds is 4. The summed E-state index contributed by atoms with van der Waals surface area (Å²) in [7, 11) is 0. The molecule has 1 spiro atoms. The van der Waals surface area contributed by atoms with E-state index in [2.05, 4.69) is 26.6 Å². The van der Waals surface area contributed by atoms with Crippen molar-refractivity contribution in [3.63, 3.8) is 0 Å². The van der Waals surface area contributed by atoms with Gasteiger partial charge in [-0.05, 0) is 56.4 Å². The number of hydrogen-bond donors (Lipinski definition) is 3. The molecule has 1 saturated heterocycles. The molecule has 9 heteroatoms. The molecule has 2 aliphatic rings. The van der Waals surface area contributed by atoms with Gasteiger partial charge in [0.15, 0.2) is 0 Å². The van der Waals surface area contributed by atoms with Crippen molar-refractivity contribution in [2.75, 3.05) is 11.9 Å². The molecule has 0 radical (unpaired) electrons. The number of benzene rings is 1. The van der Waals surface area contributed by atoms with E-state index in [0.717, 1.165) is 14.9 Å². The number of carboxylic acid groups (broad SMARTS) is 1. The molecule has 0 unspecified atom stereocenters. The van der Waals surface area contributed by atoms with Crippen molar-refractivity contribution in [1.82, 2.24) is 10.2 Å². The molecule has 0 aromatic heterocycles. The molecule has 27 heavy (non-hydrogen) atoms. The number of carboxylic acids is 1. The summed E-state index contributed by atoms with van der Waals surface area (Å²) >= 11 is 3.35. The Kier molecular flexibility index (Phi) is 5.23. The topological polar surface area (TPSA) is 116 Å². The molecule has 1 aliphatic heterocycles. The largest absolute Gasteiger partial charge is 0.481 e. The number of urea groups is 1.